The molecule has 3 fully saturated rings. The minimum atomic E-state index is -0.755. The number of rotatable bonds is 20. The van der Waals surface area contributed by atoms with Crippen LogP contribution >= 0.6 is 0 Å². The summed E-state index contributed by atoms with van der Waals surface area (Å²) < 4.78 is 52.1. The van der Waals surface area contributed by atoms with Gasteiger partial charge in [0.15, 0.2) is 69.0 Å². The number of nitrogens with one attached hydrogen (secondary N) is 4. The summed E-state index contributed by atoms with van der Waals surface area (Å²) in [5.74, 6) is 1.88. The fourth-order valence-electron chi connectivity index (χ4n) is 26.2. The number of carbonyl (C=O) groups is 4. The minimum Gasteiger partial charge on any atom is -0.504 e. The number of ketones is 1. The third kappa shape index (κ3) is 15.8. The van der Waals surface area contributed by atoms with Crippen molar-refractivity contribution in [3.63, 3.8) is 0 Å². The molecule has 9 aromatic carbocycles. The Labute approximate surface area is 842 Å². The molecule has 33 heteroatoms. The lowest BCUT2D eigenvalue weighted by Gasteiger charge is -2.60. The number of nitrogens with zero attached hydrogens (tertiary/aromatic N) is 10. The molecular formula is C112H124N14O19. The molecule has 6 bridgehead atoms. The summed E-state index contributed by atoms with van der Waals surface area (Å²) in [6.45, 7) is 17.5. The number of carbonyl (C=O) groups excluding carboxylic acids is 4. The van der Waals surface area contributed by atoms with Gasteiger partial charge in [-0.15, -0.1) is 0 Å². The van der Waals surface area contributed by atoms with Crippen LogP contribution in [0.1, 0.15) is 180 Å². The average molecular weight is 1970 g/mol. The highest BCUT2D eigenvalue weighted by Crippen LogP contribution is 2.64. The second-order valence-corrected chi connectivity index (χ2v) is 39.3. The summed E-state index contributed by atoms with van der Waals surface area (Å²) in [5.41, 5.74) is 19.1. The molecule has 15 atom stereocenters. The number of hydrogen-bond acceptors (Lipinski definition) is 29. The number of hydrogen-bond donors (Lipinski definition) is 10. The summed E-state index contributed by atoms with van der Waals surface area (Å²) >= 11 is 0. The van der Waals surface area contributed by atoms with E-state index < -0.39 is 54.0 Å². The first-order valence-corrected chi connectivity index (χ1v) is 48.7. The van der Waals surface area contributed by atoms with E-state index in [1.165, 1.54) is 21.3 Å². The molecule has 11 heterocycles. The first-order chi connectivity index (χ1) is 69.6. The van der Waals surface area contributed by atoms with Gasteiger partial charge in [-0.3, -0.25) is 53.6 Å². The SMILES string of the molecule is COc1c(C)c(C)c2c(c1O)[C@@H]1[C@@H]3Cc4c(OC)c(C)c(OC)c(O)c4[C@H](CNC(=O)C(=O)Cc4ccccc4)N3[C@@H](C#N)[C@H](C2)N1C.COc1c(C)c(C)c2c(c1O)[C@@H]1[C@@H]3Cc4c(OC)c(C)c(OC)c(O)c4[C@H](CNC(=O)c4cc5ccccc5[nH]4)N3[C@@H](C#N)[C@H](C2)N1C.COc1c(C)c(C)c2c(c1O)[C@@H]1[C@@H]3Cc4c(OC)c(C)c(OC)c(O)c4[C@H](CNC(=O)c4nccc5ccccc45)N3[C@@H](C#N)[C@H](C2)N1C. The third-order valence-corrected chi connectivity index (χ3v) is 33.1. The van der Waals surface area contributed by atoms with Gasteiger partial charge in [-0.25, -0.2) is 0 Å². The van der Waals surface area contributed by atoms with Gasteiger partial charge in [0.25, 0.3) is 17.7 Å². The van der Waals surface area contributed by atoms with Crippen LogP contribution in [-0.4, -0.2) is 253 Å². The Kier molecular flexibility index (Phi) is 27.3. The number of fused-ring (bicyclic) bond motifs is 23. The Balaban J connectivity index is 0.000000143. The largest absolute Gasteiger partial charge is 0.504 e. The summed E-state index contributed by atoms with van der Waals surface area (Å²) in [6, 6.07) is 29.0. The predicted molar refractivity (Wildman–Crippen MR) is 542 cm³/mol. The van der Waals surface area contributed by atoms with E-state index >= 15 is 0 Å². The van der Waals surface area contributed by atoms with Crippen LogP contribution in [0, 0.1) is 96.3 Å². The Morgan fingerprint density at radius 3 is 1.05 bits per heavy atom. The van der Waals surface area contributed by atoms with E-state index in [2.05, 4.69) is 73.5 Å². The molecule has 0 radical (unpaired) electrons. The van der Waals surface area contributed by atoms with Gasteiger partial charge < -0.3 is 94.2 Å². The van der Waals surface area contributed by atoms with Crippen molar-refractivity contribution < 1.29 is 92.4 Å². The van der Waals surface area contributed by atoms with Crippen molar-refractivity contribution in [1.29, 1.82) is 15.8 Å². The van der Waals surface area contributed by atoms with Crippen LogP contribution in [0.5, 0.6) is 86.2 Å². The van der Waals surface area contributed by atoms with Crippen LogP contribution < -0.4 is 58.6 Å². The number of amides is 3. The fraction of sp³-hybridized carbons (Fsp3) is 0.411. The third-order valence-electron chi connectivity index (χ3n) is 33.1. The Morgan fingerprint density at radius 1 is 0.372 bits per heavy atom. The molecule has 33 nitrogen and oxygen atoms in total. The number of pyridine rings is 1. The normalized spacial score (nSPS) is 22.9. The number of Topliss-reactive ketones (excluding diaryl/α,β-unsaturated/α-hetero) is 1. The van der Waals surface area contributed by atoms with Crippen molar-refractivity contribution in [2.24, 2.45) is 0 Å². The number of H-pyrrole nitrogens is 1. The quantitative estimate of drug-likeness (QED) is 0.0317. The lowest BCUT2D eigenvalue weighted by Crippen LogP contribution is -2.69. The molecule has 0 saturated carbocycles. The van der Waals surface area contributed by atoms with Crippen molar-refractivity contribution in [3.8, 4) is 104 Å². The number of aromatic amines is 1. The molecular weight excluding hydrogens is 1850 g/mol. The van der Waals surface area contributed by atoms with Crippen molar-refractivity contribution in [2.75, 3.05) is 105 Å². The van der Waals surface area contributed by atoms with E-state index in [1.54, 1.807) is 61.0 Å². The molecule has 3 amide bonds. The summed E-state index contributed by atoms with van der Waals surface area (Å²) in [5, 5.41) is 115. The maximum Gasteiger partial charge on any atom is 0.287 e. The number of phenolic OH excluding ortho intramolecular Hbond substituents is 6. The Bertz CT molecular complexity index is 7210. The van der Waals surface area contributed by atoms with Gasteiger partial charge in [-0.1, -0.05) is 72.8 Å². The summed E-state index contributed by atoms with van der Waals surface area (Å²) in [6.07, 6.45) is 4.32. The zero-order valence-corrected chi connectivity index (χ0v) is 85.4. The van der Waals surface area contributed by atoms with Gasteiger partial charge in [0.2, 0.25) is 5.78 Å². The monoisotopic (exact) mass is 1970 g/mol. The highest BCUT2D eigenvalue weighted by Gasteiger charge is 2.62. The van der Waals surface area contributed by atoms with Crippen LogP contribution in [0.15, 0.2) is 97.2 Å². The summed E-state index contributed by atoms with van der Waals surface area (Å²) in [7, 11) is 19.9. The molecule has 9 aliphatic rings. The smallest absolute Gasteiger partial charge is 0.287 e. The van der Waals surface area contributed by atoms with Gasteiger partial charge in [0.05, 0.1) is 118 Å². The highest BCUT2D eigenvalue weighted by molar-refractivity contribution is 6.36. The van der Waals surface area contributed by atoms with Crippen molar-refractivity contribution in [1.82, 2.24) is 55.3 Å². The lowest BCUT2D eigenvalue weighted by molar-refractivity contribution is -0.138. The number of likely N-dealkylation sites (N-methyl/N-ethyl adjacent to an activating group) is 3. The molecule has 9 aliphatic heterocycles. The summed E-state index contributed by atoms with van der Waals surface area (Å²) in [4.78, 5) is 74.4. The first-order valence-electron chi connectivity index (χ1n) is 48.7. The van der Waals surface area contributed by atoms with Crippen LogP contribution in [0.2, 0.25) is 0 Å². The Morgan fingerprint density at radius 2 is 0.690 bits per heavy atom. The van der Waals surface area contributed by atoms with Crippen LogP contribution in [-0.2, 0) is 54.5 Å². The number of ether oxygens (including phenoxy) is 9. The maximum atomic E-state index is 13.9. The van der Waals surface area contributed by atoms with Crippen molar-refractivity contribution in [2.45, 2.75) is 198 Å². The van der Waals surface area contributed by atoms with Gasteiger partial charge >= 0.3 is 0 Å². The number of aromatic hydroxyl groups is 6. The van der Waals surface area contributed by atoms with Crippen LogP contribution in [0.4, 0.5) is 0 Å². The molecule has 20 rings (SSSR count). The highest BCUT2D eigenvalue weighted by atomic mass is 16.5. The zero-order valence-electron chi connectivity index (χ0n) is 85.4. The second-order valence-electron chi connectivity index (χ2n) is 39.3. The van der Waals surface area contributed by atoms with E-state index in [-0.39, 0.29) is 144 Å². The number of benzene rings is 9. The standard InChI is InChI=1S/C38H41N5O6.C37H41N5O6.C37H42N4O7/c1-18-19(2)36(48-6)34(45)30-23(18)14-25-27(16-39)43-26(32(30)42(25)4)15-24-29(33(44)37(49-7)20(3)35(24)47-5)28(43)17-41-38(46)31-22-11-9-8-10-21(22)12-13-40-31;1-17-18(2)35(47-6)33(44)30-21(17)13-25-27(15-38)42-26(31(30)41(25)4)14-22-29(32(43)36(48-7)19(3)34(22)46-5)28(42)16-39-37(45)24-12-20-10-8-9-11-23(20)40-24;1-18-19(2)35(47-6)33(44)30-22(18)14-24-26(16-38)41-25(31(30)40(24)4)15-23-29(32(43)36(48-7)20(3)34(23)46-5)27(41)17-39-37(45)28(42)13-21-11-9-8-10-12-21/h8-13,25-28,32,44-45H,14-15,17H2,1-7H3,(H,41,46);8-12,25-28,31,40,43-44H,13-14,16H2,1-7H3,(H,39,45);8-12,24-27,31,43-44H,13-15,17H2,1-7H3,(H,39,45)/t25-,26-,27-,28-,32-;25-,26-,27-,28-,31-;24-,25-,26-,27-,31-/m000/s1. The van der Waals surface area contributed by atoms with Crippen molar-refractivity contribution >= 4 is 45.2 Å². The predicted octanol–water partition coefficient (Wildman–Crippen LogP) is 13.3. The second kappa shape index (κ2) is 39.4. The van der Waals surface area contributed by atoms with Crippen LogP contribution in [0.3, 0.4) is 0 Å². The number of para-hydroxylation sites is 1. The number of piperazine rings is 3. The fourth-order valence-corrected chi connectivity index (χ4v) is 26.2. The zero-order chi connectivity index (χ0) is 104. The lowest BCUT2D eigenvalue weighted by atomic mass is 9.70. The molecule has 11 aromatic rings. The van der Waals surface area contributed by atoms with E-state index in [0.717, 1.165) is 111 Å². The van der Waals surface area contributed by atoms with Gasteiger partial charge in [-0.2, -0.15) is 15.8 Å². The molecule has 2 aromatic heterocycles. The first kappa shape index (κ1) is 100. The topological polar surface area (TPSA) is 428 Å². The molecule has 756 valence electrons. The van der Waals surface area contributed by atoms with Gasteiger partial charge in [-0.05, 0) is 201 Å². The Hall–Kier alpha value is -14.8. The number of phenols is 6. The van der Waals surface area contributed by atoms with Gasteiger partial charge in [0, 0.05) is 152 Å². The molecule has 3 saturated heterocycles. The van der Waals surface area contributed by atoms with E-state index in [1.807, 2.05) is 162 Å². The number of aromatic nitrogens is 2. The molecule has 0 unspecified atom stereocenters. The van der Waals surface area contributed by atoms with Crippen molar-refractivity contribution in [3.05, 3.63) is 231 Å². The molecule has 0 spiro atoms. The average Bonchev–Trinajstić information content (AvgIpc) is 0.775. The van der Waals surface area contributed by atoms with Gasteiger partial charge in [0.1, 0.15) is 46.8 Å². The minimum absolute atomic E-state index is 0.0359. The molecule has 0 aliphatic carbocycles. The number of methoxy groups -OCH3 is 9. The molecule has 145 heavy (non-hydrogen) atoms. The number of nitriles is 3. The van der Waals surface area contributed by atoms with E-state index in [0.29, 0.717) is 112 Å². The maximum absolute atomic E-state index is 13.9. The van der Waals surface area contributed by atoms with E-state index in [9.17, 15) is 65.6 Å². The van der Waals surface area contributed by atoms with Crippen LogP contribution in [0.25, 0.3) is 21.7 Å². The molecule has 10 N–H and O–H groups in total. The van der Waals surface area contributed by atoms with E-state index in [4.69, 9.17) is 42.6 Å².